The van der Waals surface area contributed by atoms with E-state index in [1.54, 1.807) is 16.4 Å². The summed E-state index contributed by atoms with van der Waals surface area (Å²) in [5.74, 6) is 0.577. The Morgan fingerprint density at radius 3 is 2.37 bits per heavy atom. The number of aromatic nitrogens is 1. The largest absolute Gasteiger partial charge is 0.315 e. The summed E-state index contributed by atoms with van der Waals surface area (Å²) >= 11 is 0. The maximum atomic E-state index is 13.0. The molecule has 146 valence electrons. The Kier molecular flexibility index (Phi) is 4.35. The normalized spacial score (nSPS) is 22.2. The SMILES string of the molecule is CC1CCN(S(=O)(=O)c2ccc3c(c2)cc2n3C(C)N(C(C)C)C2=O)CC1. The van der Waals surface area contributed by atoms with Crippen molar-refractivity contribution in [3.05, 3.63) is 30.0 Å². The number of carbonyl (C=O) groups excluding carboxylic acids is 1. The van der Waals surface area contributed by atoms with Gasteiger partial charge in [0.2, 0.25) is 10.0 Å². The zero-order valence-corrected chi connectivity index (χ0v) is 17.2. The molecule has 0 saturated carbocycles. The highest BCUT2D eigenvalue weighted by Crippen LogP contribution is 2.36. The smallest absolute Gasteiger partial charge is 0.272 e. The van der Waals surface area contributed by atoms with Crippen molar-refractivity contribution in [2.24, 2.45) is 5.92 Å². The molecule has 4 rings (SSSR count). The molecule has 27 heavy (non-hydrogen) atoms. The van der Waals surface area contributed by atoms with E-state index >= 15 is 0 Å². The number of carbonyl (C=O) groups is 1. The van der Waals surface area contributed by atoms with Gasteiger partial charge in [0, 0.05) is 24.5 Å². The molecule has 0 spiro atoms. The molecular weight excluding hydrogens is 362 g/mol. The van der Waals surface area contributed by atoms with E-state index in [9.17, 15) is 13.2 Å². The van der Waals surface area contributed by atoms with Crippen LogP contribution in [0.4, 0.5) is 0 Å². The monoisotopic (exact) mass is 389 g/mol. The van der Waals surface area contributed by atoms with E-state index in [4.69, 9.17) is 0 Å². The molecule has 0 radical (unpaired) electrons. The fourth-order valence-corrected chi connectivity index (χ4v) is 5.91. The van der Waals surface area contributed by atoms with E-state index in [-0.39, 0.29) is 18.1 Å². The number of sulfonamides is 1. The number of fused-ring (bicyclic) bond motifs is 3. The fourth-order valence-electron chi connectivity index (χ4n) is 4.41. The highest BCUT2D eigenvalue weighted by molar-refractivity contribution is 7.89. The molecule has 2 aromatic rings. The second-order valence-corrected chi connectivity index (χ2v) is 10.1. The quantitative estimate of drug-likeness (QED) is 0.808. The van der Waals surface area contributed by atoms with E-state index in [2.05, 4.69) is 6.92 Å². The minimum atomic E-state index is -3.49. The lowest BCUT2D eigenvalue weighted by atomic mass is 10.0. The summed E-state index contributed by atoms with van der Waals surface area (Å²) in [5, 5.41) is 0.806. The third kappa shape index (κ3) is 2.79. The van der Waals surface area contributed by atoms with Gasteiger partial charge in [-0.3, -0.25) is 4.79 Å². The third-order valence-corrected chi connectivity index (χ3v) is 7.87. The maximum absolute atomic E-state index is 13.0. The highest BCUT2D eigenvalue weighted by atomic mass is 32.2. The number of rotatable bonds is 3. The topological polar surface area (TPSA) is 62.6 Å². The van der Waals surface area contributed by atoms with E-state index in [1.165, 1.54) is 0 Å². The van der Waals surface area contributed by atoms with Crippen LogP contribution in [0.25, 0.3) is 10.9 Å². The molecule has 0 aliphatic carbocycles. The predicted octanol–water partition coefficient (Wildman–Crippen LogP) is 3.44. The van der Waals surface area contributed by atoms with Crippen molar-refractivity contribution in [1.82, 2.24) is 13.8 Å². The molecule has 2 aliphatic heterocycles. The van der Waals surface area contributed by atoms with Crippen LogP contribution < -0.4 is 0 Å². The van der Waals surface area contributed by atoms with Crippen LogP contribution in [0.1, 0.15) is 57.2 Å². The Bertz CT molecular complexity index is 1000. The zero-order chi connectivity index (χ0) is 19.5. The first-order valence-corrected chi connectivity index (χ1v) is 11.1. The Hall–Kier alpha value is -1.86. The van der Waals surface area contributed by atoms with Crippen molar-refractivity contribution in [2.75, 3.05) is 13.1 Å². The molecule has 1 amide bonds. The van der Waals surface area contributed by atoms with Crippen LogP contribution in [0.5, 0.6) is 0 Å². The molecule has 6 nitrogen and oxygen atoms in total. The average molecular weight is 390 g/mol. The Balaban J connectivity index is 1.73. The number of nitrogens with zero attached hydrogens (tertiary/aromatic N) is 3. The summed E-state index contributed by atoms with van der Waals surface area (Å²) in [5.41, 5.74) is 1.53. The minimum Gasteiger partial charge on any atom is -0.315 e. The second-order valence-electron chi connectivity index (χ2n) is 8.14. The zero-order valence-electron chi connectivity index (χ0n) is 16.3. The van der Waals surface area contributed by atoms with Gasteiger partial charge in [-0.2, -0.15) is 4.31 Å². The minimum absolute atomic E-state index is 0.00289. The van der Waals surface area contributed by atoms with Gasteiger partial charge in [-0.05, 0) is 63.8 Å². The van der Waals surface area contributed by atoms with Gasteiger partial charge in [0.1, 0.15) is 11.9 Å². The first-order valence-electron chi connectivity index (χ1n) is 9.69. The summed E-state index contributed by atoms with van der Waals surface area (Å²) in [6, 6.07) is 7.18. The summed E-state index contributed by atoms with van der Waals surface area (Å²) < 4.78 is 29.7. The lowest BCUT2D eigenvalue weighted by Crippen LogP contribution is -2.37. The van der Waals surface area contributed by atoms with E-state index in [0.717, 1.165) is 23.7 Å². The lowest BCUT2D eigenvalue weighted by molar-refractivity contribution is 0.0647. The first kappa shape index (κ1) is 18.5. The lowest BCUT2D eigenvalue weighted by Gasteiger charge is -2.29. The van der Waals surface area contributed by atoms with E-state index < -0.39 is 10.0 Å². The molecule has 1 aromatic carbocycles. The molecule has 1 aromatic heterocycles. The molecule has 7 heteroatoms. The summed E-state index contributed by atoms with van der Waals surface area (Å²) in [7, 11) is -3.49. The number of amides is 1. The van der Waals surface area contributed by atoms with E-state index in [1.807, 2.05) is 42.4 Å². The van der Waals surface area contributed by atoms with Crippen molar-refractivity contribution in [3.63, 3.8) is 0 Å². The van der Waals surface area contributed by atoms with Crippen LogP contribution >= 0.6 is 0 Å². The first-order chi connectivity index (χ1) is 12.7. The molecule has 0 bridgehead atoms. The molecule has 2 aliphatic rings. The van der Waals surface area contributed by atoms with Crippen LogP contribution in [0.15, 0.2) is 29.2 Å². The second kappa shape index (κ2) is 6.34. The standard InChI is InChI=1S/C20H27N3O3S/c1-13(2)22-15(4)23-18-6-5-17(11-16(18)12-19(23)20(22)24)27(25,26)21-9-7-14(3)8-10-21/h5-6,11-15H,7-10H2,1-4H3. The van der Waals surface area contributed by atoms with Gasteiger partial charge >= 0.3 is 0 Å². The number of hydrogen-bond acceptors (Lipinski definition) is 3. The number of benzene rings is 1. The maximum Gasteiger partial charge on any atom is 0.272 e. The van der Waals surface area contributed by atoms with Gasteiger partial charge in [-0.15, -0.1) is 0 Å². The summed E-state index contributed by atoms with van der Waals surface area (Å²) in [6.45, 7) is 9.34. The Labute approximate surface area is 160 Å². The van der Waals surface area contributed by atoms with Crippen molar-refractivity contribution in [2.45, 2.75) is 57.6 Å². The molecule has 1 fully saturated rings. The number of piperidine rings is 1. The van der Waals surface area contributed by atoms with Crippen LogP contribution in [0.3, 0.4) is 0 Å². The van der Waals surface area contributed by atoms with Crippen molar-refractivity contribution < 1.29 is 13.2 Å². The third-order valence-electron chi connectivity index (χ3n) is 5.98. The van der Waals surface area contributed by atoms with Gasteiger partial charge in [-0.25, -0.2) is 8.42 Å². The van der Waals surface area contributed by atoms with Gasteiger partial charge in [0.05, 0.1) is 10.4 Å². The highest BCUT2D eigenvalue weighted by Gasteiger charge is 2.37. The molecule has 3 heterocycles. The fraction of sp³-hybridized carbons (Fsp3) is 0.550. The van der Waals surface area contributed by atoms with Gasteiger partial charge < -0.3 is 9.47 Å². The van der Waals surface area contributed by atoms with Crippen LogP contribution in [0, 0.1) is 5.92 Å². The van der Waals surface area contributed by atoms with Gasteiger partial charge in [0.25, 0.3) is 5.91 Å². The Morgan fingerprint density at radius 2 is 1.74 bits per heavy atom. The molecule has 1 atom stereocenters. The Morgan fingerprint density at radius 1 is 1.07 bits per heavy atom. The average Bonchev–Trinajstić information content (AvgIpc) is 3.10. The predicted molar refractivity (Wildman–Crippen MR) is 105 cm³/mol. The molecule has 1 saturated heterocycles. The number of hydrogen-bond donors (Lipinski definition) is 0. The van der Waals surface area contributed by atoms with Crippen LogP contribution in [-0.4, -0.2) is 47.2 Å². The van der Waals surface area contributed by atoms with Crippen LogP contribution in [0.2, 0.25) is 0 Å². The van der Waals surface area contributed by atoms with Crippen molar-refractivity contribution >= 4 is 26.8 Å². The van der Waals surface area contributed by atoms with Crippen molar-refractivity contribution in [1.29, 1.82) is 0 Å². The summed E-state index contributed by atoms with van der Waals surface area (Å²) in [6.07, 6.45) is 1.73. The van der Waals surface area contributed by atoms with Gasteiger partial charge in [0.15, 0.2) is 0 Å². The molecule has 1 unspecified atom stereocenters. The van der Waals surface area contributed by atoms with Gasteiger partial charge in [-0.1, -0.05) is 6.92 Å². The molecular formula is C20H27N3O3S. The molecule has 0 N–H and O–H groups in total. The van der Waals surface area contributed by atoms with Crippen LogP contribution in [-0.2, 0) is 10.0 Å². The summed E-state index contributed by atoms with van der Waals surface area (Å²) in [4.78, 5) is 14.9. The van der Waals surface area contributed by atoms with E-state index in [0.29, 0.717) is 29.6 Å². The van der Waals surface area contributed by atoms with Crippen molar-refractivity contribution in [3.8, 4) is 0 Å².